The molecule has 0 radical (unpaired) electrons. The predicted octanol–water partition coefficient (Wildman–Crippen LogP) is 2.35. The van der Waals surface area contributed by atoms with Crippen molar-refractivity contribution in [2.75, 3.05) is 13.7 Å². The number of fused-ring (bicyclic) bond motifs is 1. The fraction of sp³-hybridized carbons (Fsp3) is 0.261. The molecule has 2 aromatic carbocycles. The molecule has 0 saturated carbocycles. The molecule has 1 aromatic heterocycles. The Balaban J connectivity index is 1.32. The van der Waals surface area contributed by atoms with Crippen LogP contribution in [0.3, 0.4) is 0 Å². The number of carbonyl (C=O) groups is 3. The first-order chi connectivity index (χ1) is 15.1. The number of aromatic nitrogens is 1. The van der Waals surface area contributed by atoms with E-state index in [1.807, 2.05) is 54.7 Å². The Morgan fingerprint density at radius 2 is 1.87 bits per heavy atom. The summed E-state index contributed by atoms with van der Waals surface area (Å²) >= 11 is 0. The Bertz CT molecular complexity index is 1120. The quantitative estimate of drug-likeness (QED) is 0.487. The number of hydrogen-bond acceptors (Lipinski definition) is 4. The summed E-state index contributed by atoms with van der Waals surface area (Å²) in [6.07, 6.45) is 2.32. The number of aromatic amines is 1. The second-order valence-corrected chi connectivity index (χ2v) is 7.39. The van der Waals surface area contributed by atoms with E-state index in [-0.39, 0.29) is 31.3 Å². The number of para-hydroxylation sites is 2. The summed E-state index contributed by atoms with van der Waals surface area (Å²) in [4.78, 5) is 41.7. The number of benzene rings is 2. The minimum atomic E-state index is -0.854. The number of imide groups is 1. The van der Waals surface area contributed by atoms with Crippen molar-refractivity contribution in [3.05, 3.63) is 65.9 Å². The number of nitrogens with zero attached hydrogens (tertiary/aromatic N) is 1. The zero-order valence-electron chi connectivity index (χ0n) is 17.2. The molecule has 0 spiro atoms. The molecule has 8 nitrogen and oxygen atoms in total. The second kappa shape index (κ2) is 8.91. The minimum Gasteiger partial charge on any atom is -0.496 e. The lowest BCUT2D eigenvalue weighted by Crippen LogP contribution is -2.36. The van der Waals surface area contributed by atoms with E-state index in [1.54, 1.807) is 7.11 Å². The van der Waals surface area contributed by atoms with Crippen LogP contribution in [0.5, 0.6) is 5.75 Å². The van der Waals surface area contributed by atoms with E-state index in [0.717, 1.165) is 22.0 Å². The van der Waals surface area contributed by atoms with Crippen molar-refractivity contribution < 1.29 is 19.1 Å². The van der Waals surface area contributed by atoms with Gasteiger partial charge in [-0.15, -0.1) is 0 Å². The lowest BCUT2D eigenvalue weighted by molar-refractivity contribution is -0.130. The highest BCUT2D eigenvalue weighted by Crippen LogP contribution is 2.20. The smallest absolute Gasteiger partial charge is 0.324 e. The number of hydrogen-bond donors (Lipinski definition) is 3. The Hall–Kier alpha value is -3.81. The number of H-pyrrole nitrogens is 1. The average molecular weight is 420 g/mol. The predicted molar refractivity (Wildman–Crippen MR) is 115 cm³/mol. The van der Waals surface area contributed by atoms with Crippen LogP contribution in [0.1, 0.15) is 17.5 Å². The molecule has 2 heterocycles. The Kier molecular flexibility index (Phi) is 5.88. The van der Waals surface area contributed by atoms with Gasteiger partial charge in [0.1, 0.15) is 11.8 Å². The van der Waals surface area contributed by atoms with Gasteiger partial charge in [-0.3, -0.25) is 14.5 Å². The van der Waals surface area contributed by atoms with Gasteiger partial charge in [0, 0.05) is 35.8 Å². The third-order valence-corrected chi connectivity index (χ3v) is 5.44. The minimum absolute atomic E-state index is 0.108. The highest BCUT2D eigenvalue weighted by molar-refractivity contribution is 6.05. The molecule has 1 aliphatic heterocycles. The van der Waals surface area contributed by atoms with Crippen molar-refractivity contribution in [2.45, 2.75) is 25.4 Å². The Labute approximate surface area is 179 Å². The number of amides is 4. The molecule has 1 fully saturated rings. The van der Waals surface area contributed by atoms with Crippen LogP contribution in [0.2, 0.25) is 0 Å². The van der Waals surface area contributed by atoms with Gasteiger partial charge in [-0.25, -0.2) is 4.79 Å². The topological polar surface area (TPSA) is 104 Å². The number of urea groups is 1. The summed E-state index contributed by atoms with van der Waals surface area (Å²) in [5.41, 5.74) is 2.88. The van der Waals surface area contributed by atoms with E-state index in [9.17, 15) is 14.4 Å². The van der Waals surface area contributed by atoms with Gasteiger partial charge in [-0.1, -0.05) is 36.4 Å². The standard InChI is InChI=1S/C23H24N4O4/c1-31-20-9-5-2-6-16(20)14-25-21(28)12-19-22(29)27(23(30)26-19)11-10-15-13-24-18-8-4-3-7-17(15)18/h2-9,13,19,24H,10-12,14H2,1H3,(H,25,28)(H,26,30). The summed E-state index contributed by atoms with van der Waals surface area (Å²) < 4.78 is 5.27. The van der Waals surface area contributed by atoms with Gasteiger partial charge in [0.15, 0.2) is 0 Å². The van der Waals surface area contributed by atoms with Gasteiger partial charge in [-0.2, -0.15) is 0 Å². The van der Waals surface area contributed by atoms with Crippen molar-refractivity contribution in [3.63, 3.8) is 0 Å². The highest BCUT2D eigenvalue weighted by atomic mass is 16.5. The molecule has 31 heavy (non-hydrogen) atoms. The lowest BCUT2D eigenvalue weighted by atomic mass is 10.1. The molecule has 1 aliphatic rings. The second-order valence-electron chi connectivity index (χ2n) is 7.39. The molecule has 3 N–H and O–H groups in total. The number of rotatable bonds is 8. The molecule has 4 rings (SSSR count). The molecule has 1 unspecified atom stereocenters. The number of methoxy groups -OCH3 is 1. The van der Waals surface area contributed by atoms with Crippen molar-refractivity contribution in [1.82, 2.24) is 20.5 Å². The molecular weight excluding hydrogens is 396 g/mol. The normalized spacial score (nSPS) is 15.9. The van der Waals surface area contributed by atoms with E-state index in [4.69, 9.17) is 4.74 Å². The number of ether oxygens (including phenoxy) is 1. The van der Waals surface area contributed by atoms with Crippen LogP contribution in [-0.2, 0) is 22.6 Å². The molecule has 0 bridgehead atoms. The van der Waals surface area contributed by atoms with Crippen LogP contribution in [-0.4, -0.2) is 47.4 Å². The maximum Gasteiger partial charge on any atom is 0.324 e. The number of nitrogens with one attached hydrogen (secondary N) is 3. The first-order valence-corrected chi connectivity index (χ1v) is 10.1. The first-order valence-electron chi connectivity index (χ1n) is 10.1. The Morgan fingerprint density at radius 3 is 2.71 bits per heavy atom. The largest absolute Gasteiger partial charge is 0.496 e. The van der Waals surface area contributed by atoms with Crippen LogP contribution >= 0.6 is 0 Å². The van der Waals surface area contributed by atoms with Gasteiger partial charge in [0.05, 0.1) is 13.5 Å². The number of carbonyl (C=O) groups excluding carboxylic acids is 3. The molecule has 1 saturated heterocycles. The van der Waals surface area contributed by atoms with Gasteiger partial charge in [0.25, 0.3) is 5.91 Å². The third-order valence-electron chi connectivity index (χ3n) is 5.44. The molecule has 8 heteroatoms. The zero-order chi connectivity index (χ0) is 21.8. The van der Waals surface area contributed by atoms with Crippen molar-refractivity contribution in [3.8, 4) is 5.75 Å². The third kappa shape index (κ3) is 4.37. The van der Waals surface area contributed by atoms with Gasteiger partial charge in [0.2, 0.25) is 5.91 Å². The fourth-order valence-corrected chi connectivity index (χ4v) is 3.80. The van der Waals surface area contributed by atoms with Gasteiger partial charge in [-0.05, 0) is 24.1 Å². The van der Waals surface area contributed by atoms with Crippen LogP contribution in [0.25, 0.3) is 10.9 Å². The molecular formula is C23H24N4O4. The summed E-state index contributed by atoms with van der Waals surface area (Å²) in [5, 5.41) is 6.47. The molecule has 1 atom stereocenters. The van der Waals surface area contributed by atoms with Crippen LogP contribution in [0.4, 0.5) is 4.79 Å². The van der Waals surface area contributed by atoms with Crippen molar-refractivity contribution in [2.24, 2.45) is 0 Å². The monoisotopic (exact) mass is 420 g/mol. The summed E-state index contributed by atoms with van der Waals surface area (Å²) in [6, 6.07) is 13.9. The molecule has 4 amide bonds. The first kappa shape index (κ1) is 20.5. The maximum atomic E-state index is 12.7. The highest BCUT2D eigenvalue weighted by Gasteiger charge is 2.38. The van der Waals surface area contributed by atoms with E-state index >= 15 is 0 Å². The lowest BCUT2D eigenvalue weighted by Gasteiger charge is -2.13. The van der Waals surface area contributed by atoms with Crippen LogP contribution in [0, 0.1) is 0 Å². The zero-order valence-corrected chi connectivity index (χ0v) is 17.2. The fourth-order valence-electron chi connectivity index (χ4n) is 3.80. The molecule has 3 aromatic rings. The SMILES string of the molecule is COc1ccccc1CNC(=O)CC1NC(=O)N(CCc2c[nH]c3ccccc23)C1=O. The van der Waals surface area contributed by atoms with E-state index in [2.05, 4.69) is 15.6 Å². The van der Waals surface area contributed by atoms with Crippen LogP contribution < -0.4 is 15.4 Å². The maximum absolute atomic E-state index is 12.7. The molecule has 160 valence electrons. The Morgan fingerprint density at radius 1 is 1.10 bits per heavy atom. The summed E-state index contributed by atoms with van der Waals surface area (Å²) in [6.45, 7) is 0.536. The summed E-state index contributed by atoms with van der Waals surface area (Å²) in [7, 11) is 1.57. The van der Waals surface area contributed by atoms with E-state index in [1.165, 1.54) is 4.90 Å². The molecule has 0 aliphatic carbocycles. The van der Waals surface area contributed by atoms with Gasteiger partial charge >= 0.3 is 6.03 Å². The average Bonchev–Trinajstić information content (AvgIpc) is 3.31. The van der Waals surface area contributed by atoms with E-state index < -0.39 is 12.1 Å². The van der Waals surface area contributed by atoms with E-state index in [0.29, 0.717) is 12.2 Å². The summed E-state index contributed by atoms with van der Waals surface area (Å²) in [5.74, 6) is -0.0168. The van der Waals surface area contributed by atoms with Gasteiger partial charge < -0.3 is 20.4 Å². The van der Waals surface area contributed by atoms with Crippen molar-refractivity contribution in [1.29, 1.82) is 0 Å². The van der Waals surface area contributed by atoms with Crippen LogP contribution in [0.15, 0.2) is 54.7 Å². The van der Waals surface area contributed by atoms with Crippen molar-refractivity contribution >= 4 is 28.7 Å².